The Balaban J connectivity index is 2.27. The van der Waals surface area contributed by atoms with Gasteiger partial charge < -0.3 is 36.8 Å². The second-order valence-electron chi connectivity index (χ2n) is 13.4. The molecule has 7 N–H and O–H groups in total. The standard InChI is InChI=1S/C34H50F2N6O7S/c1-17(2)14-37-33(47)29(18(3)4)42-31(45)19(5)8-27(43)25(12-22-10-23(35)13-24(36)11-22)40-32(46)26(15-38-34(48)49)41-30(44)20(6)9-28-39-21(7)16-50-28/h10-11,13,16-20,25-27,29,38,43H,8-9,12,14-15H2,1-7H3,(H,37,47)(H,40,46)(H,41,44)(H,42,45)(H,48,49)/t19-,20+,25+,26+,27-,29+/m1/s1. The fourth-order valence-corrected chi connectivity index (χ4v) is 5.89. The summed E-state index contributed by atoms with van der Waals surface area (Å²) in [6.45, 7) is 12.3. The molecule has 0 aliphatic rings. The lowest BCUT2D eigenvalue weighted by Crippen LogP contribution is -2.57. The molecule has 1 aromatic carbocycles. The van der Waals surface area contributed by atoms with E-state index in [0.717, 1.165) is 17.8 Å². The number of benzene rings is 1. The molecule has 0 bridgehead atoms. The number of carbonyl (C=O) groups is 5. The number of hydrogen-bond donors (Lipinski definition) is 7. The molecule has 0 aliphatic heterocycles. The van der Waals surface area contributed by atoms with Gasteiger partial charge in [0.15, 0.2) is 0 Å². The number of halogens is 2. The minimum absolute atomic E-state index is 0.0854. The number of rotatable bonds is 19. The van der Waals surface area contributed by atoms with Crippen LogP contribution < -0.4 is 26.6 Å². The summed E-state index contributed by atoms with van der Waals surface area (Å²) in [5, 5.41) is 35.8. The van der Waals surface area contributed by atoms with Gasteiger partial charge in [0.1, 0.15) is 23.7 Å². The van der Waals surface area contributed by atoms with Gasteiger partial charge in [-0.3, -0.25) is 19.2 Å². The number of aliphatic hydroxyl groups is 1. The molecule has 0 fully saturated rings. The molecular weight excluding hydrogens is 674 g/mol. The number of amides is 5. The summed E-state index contributed by atoms with van der Waals surface area (Å²) in [7, 11) is 0. The quantitative estimate of drug-likeness (QED) is 0.115. The van der Waals surface area contributed by atoms with Gasteiger partial charge in [0.2, 0.25) is 23.6 Å². The molecule has 1 heterocycles. The Morgan fingerprint density at radius 2 is 1.42 bits per heavy atom. The Morgan fingerprint density at radius 1 is 0.800 bits per heavy atom. The first-order chi connectivity index (χ1) is 23.4. The van der Waals surface area contributed by atoms with Crippen molar-refractivity contribution < 1.29 is 43.0 Å². The first kappa shape index (κ1) is 42.0. The molecule has 1 aromatic heterocycles. The maximum absolute atomic E-state index is 14.1. The molecule has 0 radical (unpaired) electrons. The number of carbonyl (C=O) groups excluding carboxylic acids is 4. The second kappa shape index (κ2) is 19.9. The van der Waals surface area contributed by atoms with E-state index in [4.69, 9.17) is 0 Å². The van der Waals surface area contributed by atoms with Crippen LogP contribution in [0.3, 0.4) is 0 Å². The summed E-state index contributed by atoms with van der Waals surface area (Å²) in [5.74, 6) is -5.69. The number of carboxylic acid groups (broad SMARTS) is 1. The number of nitrogens with one attached hydrogen (secondary N) is 5. The van der Waals surface area contributed by atoms with Gasteiger partial charge in [-0.25, -0.2) is 18.6 Å². The fraction of sp³-hybridized carbons (Fsp3) is 0.588. The SMILES string of the molecule is Cc1csc(C[C@H](C)C(=O)N[C@@H](CNC(=O)O)C(=O)N[C@@H](Cc2cc(F)cc(F)c2)[C@H](O)C[C@@H](C)C(=O)N[C@H](C(=O)NCC(C)C)C(C)C)n1. The first-order valence-corrected chi connectivity index (χ1v) is 17.4. The predicted molar refractivity (Wildman–Crippen MR) is 184 cm³/mol. The van der Waals surface area contributed by atoms with Crippen LogP contribution in [0.4, 0.5) is 13.6 Å². The van der Waals surface area contributed by atoms with Crippen LogP contribution >= 0.6 is 11.3 Å². The van der Waals surface area contributed by atoms with Crippen LogP contribution in [0, 0.1) is 42.2 Å². The Kier molecular flexibility index (Phi) is 16.7. The van der Waals surface area contributed by atoms with Crippen molar-refractivity contribution in [2.45, 2.75) is 92.0 Å². The summed E-state index contributed by atoms with van der Waals surface area (Å²) in [5.41, 5.74) is 0.879. The average molecular weight is 725 g/mol. The predicted octanol–water partition coefficient (Wildman–Crippen LogP) is 2.69. The van der Waals surface area contributed by atoms with E-state index >= 15 is 0 Å². The third-order valence-electron chi connectivity index (χ3n) is 7.83. The van der Waals surface area contributed by atoms with Crippen LogP contribution in [0.25, 0.3) is 0 Å². The van der Waals surface area contributed by atoms with E-state index < -0.39 is 78.1 Å². The summed E-state index contributed by atoms with van der Waals surface area (Å²) in [4.78, 5) is 68.3. The van der Waals surface area contributed by atoms with Gasteiger partial charge >= 0.3 is 6.09 Å². The van der Waals surface area contributed by atoms with Crippen molar-refractivity contribution in [3.8, 4) is 0 Å². The molecule has 13 nitrogen and oxygen atoms in total. The lowest BCUT2D eigenvalue weighted by atomic mass is 9.92. The highest BCUT2D eigenvalue weighted by atomic mass is 32.1. The van der Waals surface area contributed by atoms with E-state index in [2.05, 4.69) is 31.6 Å². The van der Waals surface area contributed by atoms with Gasteiger partial charge in [0.25, 0.3) is 0 Å². The number of aryl methyl sites for hydroxylation is 1. The third-order valence-corrected chi connectivity index (χ3v) is 8.82. The van der Waals surface area contributed by atoms with Crippen molar-refractivity contribution in [1.29, 1.82) is 0 Å². The zero-order valence-corrected chi connectivity index (χ0v) is 30.3. The molecule has 278 valence electrons. The van der Waals surface area contributed by atoms with Crippen LogP contribution in [-0.4, -0.2) is 82.2 Å². The maximum atomic E-state index is 14.1. The van der Waals surface area contributed by atoms with Crippen LogP contribution in [0.1, 0.15) is 64.2 Å². The monoisotopic (exact) mass is 724 g/mol. The van der Waals surface area contributed by atoms with Gasteiger partial charge in [0, 0.05) is 41.9 Å². The zero-order valence-electron chi connectivity index (χ0n) is 29.5. The van der Waals surface area contributed by atoms with Gasteiger partial charge in [-0.05, 0) is 49.3 Å². The molecule has 5 amide bonds. The number of thiazole rings is 1. The Bertz CT molecular complexity index is 1450. The highest BCUT2D eigenvalue weighted by Gasteiger charge is 2.32. The van der Waals surface area contributed by atoms with E-state index in [1.807, 2.05) is 26.2 Å². The van der Waals surface area contributed by atoms with Gasteiger partial charge in [0.05, 0.1) is 23.7 Å². The van der Waals surface area contributed by atoms with E-state index in [1.165, 1.54) is 18.3 Å². The largest absolute Gasteiger partial charge is 0.465 e. The molecule has 0 unspecified atom stereocenters. The van der Waals surface area contributed by atoms with E-state index in [1.54, 1.807) is 20.8 Å². The van der Waals surface area contributed by atoms with Crippen molar-refractivity contribution in [1.82, 2.24) is 31.6 Å². The fourth-order valence-electron chi connectivity index (χ4n) is 4.99. The van der Waals surface area contributed by atoms with Crippen molar-refractivity contribution >= 4 is 41.1 Å². The van der Waals surface area contributed by atoms with Crippen LogP contribution in [0.5, 0.6) is 0 Å². The van der Waals surface area contributed by atoms with Gasteiger partial charge in [-0.2, -0.15) is 0 Å². The molecule has 0 saturated carbocycles. The van der Waals surface area contributed by atoms with Crippen molar-refractivity contribution in [3.05, 3.63) is 51.5 Å². The lowest BCUT2D eigenvalue weighted by Gasteiger charge is -2.29. The van der Waals surface area contributed by atoms with Crippen LogP contribution in [0.15, 0.2) is 23.6 Å². The zero-order chi connectivity index (χ0) is 37.7. The molecule has 0 aliphatic carbocycles. The smallest absolute Gasteiger partial charge is 0.404 e. The van der Waals surface area contributed by atoms with Gasteiger partial charge in [-0.1, -0.05) is 41.5 Å². The summed E-state index contributed by atoms with van der Waals surface area (Å²) < 4.78 is 28.2. The summed E-state index contributed by atoms with van der Waals surface area (Å²) in [6, 6.07) is -0.800. The first-order valence-electron chi connectivity index (χ1n) is 16.6. The van der Waals surface area contributed by atoms with Crippen molar-refractivity contribution in [2.24, 2.45) is 23.7 Å². The van der Waals surface area contributed by atoms with Crippen LogP contribution in [0.2, 0.25) is 0 Å². The number of aromatic nitrogens is 1. The highest BCUT2D eigenvalue weighted by Crippen LogP contribution is 2.18. The van der Waals surface area contributed by atoms with E-state index in [0.29, 0.717) is 17.6 Å². The Morgan fingerprint density at radius 3 is 1.96 bits per heavy atom. The van der Waals surface area contributed by atoms with E-state index in [9.17, 15) is 43.0 Å². The molecule has 0 saturated heterocycles. The maximum Gasteiger partial charge on any atom is 0.404 e. The number of aliphatic hydroxyl groups excluding tert-OH is 1. The molecule has 6 atom stereocenters. The number of hydrogen-bond acceptors (Lipinski definition) is 8. The lowest BCUT2D eigenvalue weighted by molar-refractivity contribution is -0.133. The molecule has 50 heavy (non-hydrogen) atoms. The normalized spacial score (nSPS) is 15.0. The van der Waals surface area contributed by atoms with Crippen molar-refractivity contribution in [3.63, 3.8) is 0 Å². The summed E-state index contributed by atoms with van der Waals surface area (Å²) >= 11 is 1.37. The number of nitrogens with zero attached hydrogens (tertiary/aromatic N) is 1. The topological polar surface area (TPSA) is 199 Å². The molecule has 16 heteroatoms. The molecular formula is C34H50F2N6O7S. The molecule has 2 aromatic rings. The van der Waals surface area contributed by atoms with Crippen molar-refractivity contribution in [2.75, 3.05) is 13.1 Å². The average Bonchev–Trinajstić information content (AvgIpc) is 3.42. The minimum Gasteiger partial charge on any atom is -0.465 e. The minimum atomic E-state index is -1.46. The summed E-state index contributed by atoms with van der Waals surface area (Å²) in [6.07, 6.45) is -3.16. The molecule has 0 spiro atoms. The highest BCUT2D eigenvalue weighted by molar-refractivity contribution is 7.09. The Labute approximate surface area is 295 Å². The Hall–Kier alpha value is -4.18. The third kappa shape index (κ3) is 14.4. The van der Waals surface area contributed by atoms with Crippen LogP contribution in [-0.2, 0) is 32.0 Å². The second-order valence-corrected chi connectivity index (χ2v) is 14.3. The van der Waals surface area contributed by atoms with Gasteiger partial charge in [-0.15, -0.1) is 11.3 Å². The van der Waals surface area contributed by atoms with E-state index in [-0.39, 0.29) is 42.6 Å². The molecule has 2 rings (SSSR count).